The number of aromatic nitrogens is 3. The van der Waals surface area contributed by atoms with Crippen LogP contribution in [0.2, 0.25) is 0 Å². The monoisotopic (exact) mass is 407 g/mol. The van der Waals surface area contributed by atoms with E-state index in [2.05, 4.69) is 15.3 Å². The molecule has 1 aliphatic rings. The van der Waals surface area contributed by atoms with Crippen molar-refractivity contribution >= 4 is 22.9 Å². The smallest absolute Gasteiger partial charge is 0.294 e. The summed E-state index contributed by atoms with van der Waals surface area (Å²) in [6.45, 7) is 1.57. The van der Waals surface area contributed by atoms with E-state index < -0.39 is 0 Å². The first kappa shape index (κ1) is 19.9. The van der Waals surface area contributed by atoms with Gasteiger partial charge >= 0.3 is 0 Å². The van der Waals surface area contributed by atoms with Crippen LogP contribution in [0.25, 0.3) is 11.2 Å². The first-order valence-corrected chi connectivity index (χ1v) is 10.0. The molecule has 1 amide bonds. The number of methoxy groups -OCH3 is 1. The van der Waals surface area contributed by atoms with Crippen molar-refractivity contribution in [2.75, 3.05) is 25.1 Å². The van der Waals surface area contributed by atoms with Gasteiger partial charge in [-0.3, -0.25) is 14.2 Å². The summed E-state index contributed by atoms with van der Waals surface area (Å²) in [5.74, 6) is 0.898. The summed E-state index contributed by atoms with van der Waals surface area (Å²) in [6.07, 6.45) is 3.25. The van der Waals surface area contributed by atoms with Gasteiger partial charge in [-0.05, 0) is 31.0 Å². The maximum atomic E-state index is 12.8. The van der Waals surface area contributed by atoms with E-state index in [4.69, 9.17) is 4.74 Å². The number of rotatable bonds is 5. The summed E-state index contributed by atoms with van der Waals surface area (Å²) < 4.78 is 6.86. The third-order valence-corrected chi connectivity index (χ3v) is 5.54. The second-order valence-corrected chi connectivity index (χ2v) is 7.46. The molecule has 0 saturated carbocycles. The SMILES string of the molecule is COc1ccccc1CNC(=O)C1CCCN(c2nc3cccnc3n(C)c2=O)C1. The predicted octanol–water partition coefficient (Wildman–Crippen LogP) is 1.87. The highest BCUT2D eigenvalue weighted by Gasteiger charge is 2.28. The molecule has 2 aromatic heterocycles. The van der Waals surface area contributed by atoms with Crippen molar-refractivity contribution < 1.29 is 9.53 Å². The van der Waals surface area contributed by atoms with Crippen molar-refractivity contribution in [1.29, 1.82) is 0 Å². The zero-order valence-corrected chi connectivity index (χ0v) is 17.2. The Labute approximate surface area is 174 Å². The van der Waals surface area contributed by atoms with Crippen LogP contribution in [0.15, 0.2) is 47.4 Å². The van der Waals surface area contributed by atoms with Gasteiger partial charge < -0.3 is 15.0 Å². The average molecular weight is 407 g/mol. The molecule has 1 aromatic carbocycles. The normalized spacial score (nSPS) is 16.5. The Hall–Kier alpha value is -3.42. The highest BCUT2D eigenvalue weighted by Crippen LogP contribution is 2.22. The largest absolute Gasteiger partial charge is 0.496 e. The number of carbonyl (C=O) groups excluding carboxylic acids is 1. The van der Waals surface area contributed by atoms with E-state index in [1.54, 1.807) is 26.4 Å². The van der Waals surface area contributed by atoms with Gasteiger partial charge in [0, 0.05) is 38.4 Å². The summed E-state index contributed by atoms with van der Waals surface area (Å²) >= 11 is 0. The molecule has 4 rings (SSSR count). The molecular weight excluding hydrogens is 382 g/mol. The van der Waals surface area contributed by atoms with Crippen molar-refractivity contribution in [3.05, 3.63) is 58.5 Å². The van der Waals surface area contributed by atoms with E-state index >= 15 is 0 Å². The summed E-state index contributed by atoms with van der Waals surface area (Å²) in [4.78, 5) is 36.4. The minimum absolute atomic E-state index is 0.0233. The molecule has 1 fully saturated rings. The Bertz CT molecular complexity index is 1130. The highest BCUT2D eigenvalue weighted by molar-refractivity contribution is 5.80. The van der Waals surface area contributed by atoms with Crippen LogP contribution in [0, 0.1) is 5.92 Å². The molecule has 8 heteroatoms. The maximum absolute atomic E-state index is 12.8. The van der Waals surface area contributed by atoms with Gasteiger partial charge in [-0.1, -0.05) is 18.2 Å². The zero-order chi connectivity index (χ0) is 21.1. The minimum Gasteiger partial charge on any atom is -0.496 e. The maximum Gasteiger partial charge on any atom is 0.294 e. The van der Waals surface area contributed by atoms with E-state index in [-0.39, 0.29) is 17.4 Å². The Morgan fingerprint density at radius 3 is 2.93 bits per heavy atom. The number of pyridine rings is 1. The van der Waals surface area contributed by atoms with Gasteiger partial charge in [0.1, 0.15) is 11.3 Å². The number of hydrogen-bond donors (Lipinski definition) is 1. The second-order valence-electron chi connectivity index (χ2n) is 7.46. The number of carbonyl (C=O) groups is 1. The first-order valence-electron chi connectivity index (χ1n) is 10.0. The topological polar surface area (TPSA) is 89.3 Å². The third-order valence-electron chi connectivity index (χ3n) is 5.54. The quantitative estimate of drug-likeness (QED) is 0.695. The Balaban J connectivity index is 1.49. The summed E-state index contributed by atoms with van der Waals surface area (Å²) in [7, 11) is 3.32. The fourth-order valence-electron chi connectivity index (χ4n) is 3.91. The number of hydrogen-bond acceptors (Lipinski definition) is 6. The van der Waals surface area contributed by atoms with E-state index in [1.165, 1.54) is 4.57 Å². The van der Waals surface area contributed by atoms with Crippen LogP contribution in [-0.2, 0) is 18.4 Å². The van der Waals surface area contributed by atoms with Crippen molar-refractivity contribution in [3.8, 4) is 5.75 Å². The summed E-state index contributed by atoms with van der Waals surface area (Å²) in [5, 5.41) is 3.01. The van der Waals surface area contributed by atoms with Crippen molar-refractivity contribution in [1.82, 2.24) is 19.9 Å². The highest BCUT2D eigenvalue weighted by atomic mass is 16.5. The summed E-state index contributed by atoms with van der Waals surface area (Å²) in [6, 6.07) is 11.3. The van der Waals surface area contributed by atoms with Crippen LogP contribution in [0.1, 0.15) is 18.4 Å². The van der Waals surface area contributed by atoms with Crippen molar-refractivity contribution in [3.63, 3.8) is 0 Å². The number of aryl methyl sites for hydroxylation is 1. The number of ether oxygens (including phenoxy) is 1. The lowest BCUT2D eigenvalue weighted by molar-refractivity contribution is -0.125. The molecule has 0 bridgehead atoms. The number of fused-ring (bicyclic) bond motifs is 1. The molecule has 0 radical (unpaired) electrons. The first-order chi connectivity index (χ1) is 14.6. The summed E-state index contributed by atoms with van der Waals surface area (Å²) in [5.41, 5.74) is 1.95. The molecule has 1 unspecified atom stereocenters. The van der Waals surface area contributed by atoms with Gasteiger partial charge in [-0.25, -0.2) is 9.97 Å². The number of nitrogens with one attached hydrogen (secondary N) is 1. The fraction of sp³-hybridized carbons (Fsp3) is 0.364. The van der Waals surface area contributed by atoms with Crippen LogP contribution >= 0.6 is 0 Å². The van der Waals surface area contributed by atoms with Crippen LogP contribution in [0.3, 0.4) is 0 Å². The van der Waals surface area contributed by atoms with Gasteiger partial charge in [-0.15, -0.1) is 0 Å². The lowest BCUT2D eigenvalue weighted by Crippen LogP contribution is -2.45. The predicted molar refractivity (Wildman–Crippen MR) is 115 cm³/mol. The number of para-hydroxylation sites is 1. The van der Waals surface area contributed by atoms with E-state index in [1.807, 2.05) is 35.2 Å². The number of benzene rings is 1. The second kappa shape index (κ2) is 8.52. The van der Waals surface area contributed by atoms with E-state index in [0.717, 1.165) is 24.2 Å². The molecule has 3 aromatic rings. The molecule has 1 aliphatic heterocycles. The van der Waals surface area contributed by atoms with E-state index in [0.29, 0.717) is 36.6 Å². The van der Waals surface area contributed by atoms with Gasteiger partial charge in [-0.2, -0.15) is 0 Å². The number of nitrogens with zero attached hydrogens (tertiary/aromatic N) is 4. The van der Waals surface area contributed by atoms with Gasteiger partial charge in [0.2, 0.25) is 5.91 Å². The standard InChI is InChI=1S/C22H25N5O3/c1-26-19-17(9-5-11-23-19)25-20(22(26)29)27-12-6-8-16(14-27)21(28)24-13-15-7-3-4-10-18(15)30-2/h3-5,7,9-11,16H,6,8,12-14H2,1-2H3,(H,24,28). The number of piperidine rings is 1. The lowest BCUT2D eigenvalue weighted by Gasteiger charge is -2.32. The fourth-order valence-corrected chi connectivity index (χ4v) is 3.91. The average Bonchev–Trinajstić information content (AvgIpc) is 2.80. The molecule has 1 atom stereocenters. The van der Waals surface area contributed by atoms with Gasteiger partial charge in [0.25, 0.3) is 5.56 Å². The minimum atomic E-state index is -0.204. The Morgan fingerprint density at radius 1 is 1.27 bits per heavy atom. The molecule has 8 nitrogen and oxygen atoms in total. The molecule has 0 spiro atoms. The van der Waals surface area contributed by atoms with Crippen LogP contribution in [-0.4, -0.2) is 40.6 Å². The van der Waals surface area contributed by atoms with E-state index in [9.17, 15) is 9.59 Å². The Morgan fingerprint density at radius 2 is 2.10 bits per heavy atom. The zero-order valence-electron chi connectivity index (χ0n) is 17.2. The number of amides is 1. The van der Waals surface area contributed by atoms with Crippen molar-refractivity contribution in [2.45, 2.75) is 19.4 Å². The molecule has 30 heavy (non-hydrogen) atoms. The molecule has 156 valence electrons. The van der Waals surface area contributed by atoms with Crippen molar-refractivity contribution in [2.24, 2.45) is 13.0 Å². The molecule has 0 aliphatic carbocycles. The number of anilines is 1. The lowest BCUT2D eigenvalue weighted by atomic mass is 9.97. The van der Waals surface area contributed by atoms with Gasteiger partial charge in [0.15, 0.2) is 11.5 Å². The third kappa shape index (κ3) is 3.85. The van der Waals surface area contributed by atoms with Crippen LogP contribution in [0.5, 0.6) is 5.75 Å². The molecular formula is C22H25N5O3. The molecule has 1 saturated heterocycles. The molecule has 1 N–H and O–H groups in total. The van der Waals surface area contributed by atoms with Gasteiger partial charge in [0.05, 0.1) is 13.0 Å². The molecule has 3 heterocycles. The van der Waals surface area contributed by atoms with Crippen LogP contribution in [0.4, 0.5) is 5.82 Å². The van der Waals surface area contributed by atoms with Crippen LogP contribution < -0.4 is 20.5 Å². The Kier molecular flexibility index (Phi) is 5.65.